The molecular weight excluding hydrogens is 228 g/mol. The Morgan fingerprint density at radius 2 is 1.67 bits per heavy atom. The van der Waals surface area contributed by atoms with E-state index in [1.165, 1.54) is 20.0 Å². The molecular formula is C15H22O3. The summed E-state index contributed by atoms with van der Waals surface area (Å²) < 4.78 is 4.85. The molecule has 3 rings (SSSR count). The zero-order valence-electron chi connectivity index (χ0n) is 11.2. The third-order valence-electron chi connectivity index (χ3n) is 5.90. The fourth-order valence-electron chi connectivity index (χ4n) is 5.10. The van der Waals surface area contributed by atoms with Crippen molar-refractivity contribution in [2.24, 2.45) is 16.7 Å². The first kappa shape index (κ1) is 12.2. The van der Waals surface area contributed by atoms with Crippen LogP contribution in [-0.2, 0) is 14.3 Å². The number of Topliss-reactive ketones (excluding diaryl/α,β-unsaturated/α-hetero) is 1. The van der Waals surface area contributed by atoms with Gasteiger partial charge in [0, 0.05) is 5.41 Å². The van der Waals surface area contributed by atoms with Gasteiger partial charge in [0.2, 0.25) is 0 Å². The van der Waals surface area contributed by atoms with Crippen LogP contribution in [0.2, 0.25) is 0 Å². The second kappa shape index (κ2) is 4.07. The third kappa shape index (κ3) is 1.36. The van der Waals surface area contributed by atoms with E-state index in [9.17, 15) is 9.59 Å². The highest BCUT2D eigenvalue weighted by Gasteiger charge is 2.65. The van der Waals surface area contributed by atoms with Gasteiger partial charge in [-0.25, -0.2) is 0 Å². The van der Waals surface area contributed by atoms with E-state index in [-0.39, 0.29) is 22.6 Å². The minimum absolute atomic E-state index is 0.138. The average Bonchev–Trinajstić information content (AvgIpc) is 2.69. The third-order valence-corrected chi connectivity index (χ3v) is 5.90. The van der Waals surface area contributed by atoms with Gasteiger partial charge in [0.25, 0.3) is 0 Å². The fourth-order valence-corrected chi connectivity index (χ4v) is 5.10. The molecule has 0 bridgehead atoms. The highest BCUT2D eigenvalue weighted by molar-refractivity contribution is 6.04. The van der Waals surface area contributed by atoms with Crippen molar-refractivity contribution >= 4 is 11.8 Å². The number of ether oxygens (including phenoxy) is 1. The quantitative estimate of drug-likeness (QED) is 0.531. The van der Waals surface area contributed by atoms with E-state index in [0.717, 1.165) is 44.9 Å². The number of carbonyl (C=O) groups excluding carboxylic acids is 2. The highest BCUT2D eigenvalue weighted by Crippen LogP contribution is 2.67. The van der Waals surface area contributed by atoms with Crippen molar-refractivity contribution in [3.8, 4) is 0 Å². The molecule has 0 aromatic rings. The van der Waals surface area contributed by atoms with Crippen LogP contribution in [0.15, 0.2) is 0 Å². The molecule has 3 saturated carbocycles. The van der Waals surface area contributed by atoms with Crippen molar-refractivity contribution in [3.05, 3.63) is 0 Å². The Bertz CT molecular complexity index is 373. The van der Waals surface area contributed by atoms with Crippen LogP contribution in [0.3, 0.4) is 0 Å². The van der Waals surface area contributed by atoms with Gasteiger partial charge in [-0.2, -0.15) is 0 Å². The SMILES string of the molecule is COC(=O)[C@H]1CC23CCCCC2(CCCC3)C1=O. The van der Waals surface area contributed by atoms with Crippen LogP contribution < -0.4 is 0 Å². The van der Waals surface area contributed by atoms with Gasteiger partial charge in [0.05, 0.1) is 7.11 Å². The molecule has 3 fully saturated rings. The number of ketones is 1. The van der Waals surface area contributed by atoms with Gasteiger partial charge in [-0.3, -0.25) is 9.59 Å². The van der Waals surface area contributed by atoms with E-state index >= 15 is 0 Å². The molecule has 0 N–H and O–H groups in total. The monoisotopic (exact) mass is 250 g/mol. The predicted molar refractivity (Wildman–Crippen MR) is 66.9 cm³/mol. The average molecular weight is 250 g/mol. The number of esters is 1. The Balaban J connectivity index is 2.01. The summed E-state index contributed by atoms with van der Waals surface area (Å²) in [6.45, 7) is 0. The molecule has 3 aliphatic carbocycles. The van der Waals surface area contributed by atoms with Crippen LogP contribution in [0.5, 0.6) is 0 Å². The van der Waals surface area contributed by atoms with Crippen LogP contribution in [0, 0.1) is 16.7 Å². The lowest BCUT2D eigenvalue weighted by Gasteiger charge is -2.51. The zero-order valence-corrected chi connectivity index (χ0v) is 11.2. The van der Waals surface area contributed by atoms with Gasteiger partial charge >= 0.3 is 5.97 Å². The van der Waals surface area contributed by atoms with E-state index < -0.39 is 5.92 Å². The van der Waals surface area contributed by atoms with Gasteiger partial charge in [-0.05, 0) is 37.5 Å². The second-order valence-corrected chi connectivity index (χ2v) is 6.42. The van der Waals surface area contributed by atoms with E-state index in [1.807, 2.05) is 0 Å². The smallest absolute Gasteiger partial charge is 0.316 e. The van der Waals surface area contributed by atoms with Crippen LogP contribution >= 0.6 is 0 Å². The van der Waals surface area contributed by atoms with Crippen molar-refractivity contribution in [2.75, 3.05) is 7.11 Å². The van der Waals surface area contributed by atoms with E-state index in [1.54, 1.807) is 0 Å². The lowest BCUT2D eigenvalue weighted by Crippen LogP contribution is -2.47. The Kier molecular flexibility index (Phi) is 2.76. The van der Waals surface area contributed by atoms with Gasteiger partial charge in [-0.15, -0.1) is 0 Å². The molecule has 0 heterocycles. The molecule has 3 aliphatic rings. The number of methoxy groups -OCH3 is 1. The van der Waals surface area contributed by atoms with Crippen LogP contribution in [-0.4, -0.2) is 18.9 Å². The summed E-state index contributed by atoms with van der Waals surface area (Å²) >= 11 is 0. The Labute approximate surface area is 108 Å². The largest absolute Gasteiger partial charge is 0.468 e. The highest BCUT2D eigenvalue weighted by atomic mass is 16.5. The number of carbonyl (C=O) groups is 2. The predicted octanol–water partition coefficient (Wildman–Crippen LogP) is 2.87. The fraction of sp³-hybridized carbons (Fsp3) is 0.867. The standard InChI is InChI=1S/C15H22O3/c1-18-13(17)11-10-14-6-2-4-8-15(14,12(11)16)9-5-3-7-14/h11H,2-10H2,1H3/t11-,14?,15?/m0/s1. The van der Waals surface area contributed by atoms with Gasteiger partial charge < -0.3 is 4.74 Å². The minimum atomic E-state index is -0.466. The summed E-state index contributed by atoms with van der Waals surface area (Å²) in [6.07, 6.45) is 9.84. The molecule has 0 amide bonds. The molecule has 3 heteroatoms. The molecule has 18 heavy (non-hydrogen) atoms. The van der Waals surface area contributed by atoms with Crippen LogP contribution in [0.4, 0.5) is 0 Å². The van der Waals surface area contributed by atoms with Gasteiger partial charge in [-0.1, -0.05) is 25.7 Å². The first-order valence-electron chi connectivity index (χ1n) is 7.27. The first-order chi connectivity index (χ1) is 8.65. The van der Waals surface area contributed by atoms with E-state index in [4.69, 9.17) is 4.74 Å². The summed E-state index contributed by atoms with van der Waals surface area (Å²) in [7, 11) is 1.40. The topological polar surface area (TPSA) is 43.4 Å². The van der Waals surface area contributed by atoms with Gasteiger partial charge in [0.15, 0.2) is 5.78 Å². The molecule has 0 unspecified atom stereocenters. The summed E-state index contributed by atoms with van der Waals surface area (Å²) in [6, 6.07) is 0. The van der Waals surface area contributed by atoms with Crippen molar-refractivity contribution in [2.45, 2.75) is 57.8 Å². The summed E-state index contributed by atoms with van der Waals surface area (Å²) in [5, 5.41) is 0. The number of hydrogen-bond acceptors (Lipinski definition) is 3. The molecule has 0 saturated heterocycles. The Hall–Kier alpha value is -0.860. The normalized spacial score (nSPS) is 43.2. The molecule has 0 aliphatic heterocycles. The molecule has 0 aromatic carbocycles. The van der Waals surface area contributed by atoms with Crippen molar-refractivity contribution in [1.82, 2.24) is 0 Å². The summed E-state index contributed by atoms with van der Waals surface area (Å²) in [4.78, 5) is 24.7. The second-order valence-electron chi connectivity index (χ2n) is 6.42. The molecule has 0 aromatic heterocycles. The summed E-state index contributed by atoms with van der Waals surface area (Å²) in [5.74, 6) is -0.546. The van der Waals surface area contributed by atoms with Crippen molar-refractivity contribution in [3.63, 3.8) is 0 Å². The lowest BCUT2D eigenvalue weighted by molar-refractivity contribution is -0.150. The van der Waals surface area contributed by atoms with E-state index in [2.05, 4.69) is 0 Å². The van der Waals surface area contributed by atoms with Gasteiger partial charge in [0.1, 0.15) is 5.92 Å². The Morgan fingerprint density at radius 1 is 1.11 bits per heavy atom. The van der Waals surface area contributed by atoms with E-state index in [0.29, 0.717) is 0 Å². The lowest BCUT2D eigenvalue weighted by atomic mass is 9.51. The number of rotatable bonds is 1. The number of hydrogen-bond donors (Lipinski definition) is 0. The molecule has 100 valence electrons. The maximum absolute atomic E-state index is 12.8. The molecule has 3 nitrogen and oxygen atoms in total. The Morgan fingerprint density at radius 3 is 2.17 bits per heavy atom. The molecule has 1 atom stereocenters. The van der Waals surface area contributed by atoms with Crippen molar-refractivity contribution < 1.29 is 14.3 Å². The first-order valence-corrected chi connectivity index (χ1v) is 7.27. The zero-order chi connectivity index (χ0) is 12.8. The van der Waals surface area contributed by atoms with Crippen LogP contribution in [0.25, 0.3) is 0 Å². The maximum atomic E-state index is 12.8. The van der Waals surface area contributed by atoms with Crippen molar-refractivity contribution in [1.29, 1.82) is 0 Å². The molecule has 0 spiro atoms. The van der Waals surface area contributed by atoms with Crippen LogP contribution in [0.1, 0.15) is 57.8 Å². The summed E-state index contributed by atoms with van der Waals surface area (Å²) in [5.41, 5.74) is -0.0260. The maximum Gasteiger partial charge on any atom is 0.316 e. The molecule has 0 radical (unpaired) electrons. The minimum Gasteiger partial charge on any atom is -0.468 e.